The van der Waals surface area contributed by atoms with Gasteiger partial charge in [-0.05, 0) is 42.3 Å². The second-order valence-electron chi connectivity index (χ2n) is 7.79. The van der Waals surface area contributed by atoms with Crippen molar-refractivity contribution in [3.8, 4) is 5.75 Å². The molecule has 10 heteroatoms. The molecule has 9 nitrogen and oxygen atoms in total. The summed E-state index contributed by atoms with van der Waals surface area (Å²) in [7, 11) is 2.88. The zero-order valence-electron chi connectivity index (χ0n) is 19.4. The molecule has 0 spiro atoms. The summed E-state index contributed by atoms with van der Waals surface area (Å²) < 4.78 is 12.3. The number of methoxy groups -OCH3 is 2. The number of hydrogen-bond donors (Lipinski definition) is 1. The molecule has 0 aliphatic heterocycles. The van der Waals surface area contributed by atoms with Crippen LogP contribution in [-0.4, -0.2) is 35.1 Å². The number of ether oxygens (including phenoxy) is 2. The molecule has 2 heterocycles. The van der Waals surface area contributed by atoms with Crippen molar-refractivity contribution < 1.29 is 19.1 Å². The number of thiazole rings is 1. The molecule has 0 aliphatic rings. The van der Waals surface area contributed by atoms with E-state index in [0.717, 1.165) is 27.2 Å². The first-order valence-corrected chi connectivity index (χ1v) is 11.5. The number of aryl methyl sites for hydroxylation is 1. The van der Waals surface area contributed by atoms with Crippen molar-refractivity contribution in [3.63, 3.8) is 0 Å². The van der Waals surface area contributed by atoms with Crippen LogP contribution in [0.5, 0.6) is 5.75 Å². The fraction of sp³-hybridized carbons (Fsp3) is 0.200. The Hall–Kier alpha value is -4.18. The molecule has 0 saturated heterocycles. The van der Waals surface area contributed by atoms with Crippen molar-refractivity contribution in [2.24, 2.45) is 0 Å². The van der Waals surface area contributed by atoms with E-state index in [2.05, 4.69) is 10.1 Å². The molecule has 180 valence electrons. The number of rotatable bonds is 7. The summed E-state index contributed by atoms with van der Waals surface area (Å²) in [5, 5.41) is 2.83. The lowest BCUT2D eigenvalue weighted by atomic mass is 10.1. The Labute approximate surface area is 204 Å². The van der Waals surface area contributed by atoms with Gasteiger partial charge in [0.2, 0.25) is 0 Å². The number of benzene rings is 2. The number of hydrogen-bond acceptors (Lipinski definition) is 7. The molecule has 0 bridgehead atoms. The zero-order chi connectivity index (χ0) is 25.1. The SMILES string of the molecule is COC(=O)c1ccc(Cn2c(=O)c(C)c3sc(C(=O)NCc4ccc(OC)cc4)cn3c2=O)cc1. The van der Waals surface area contributed by atoms with Crippen molar-refractivity contribution in [3.05, 3.63) is 103 Å². The van der Waals surface area contributed by atoms with Gasteiger partial charge in [0.05, 0.1) is 26.3 Å². The fourth-order valence-corrected chi connectivity index (χ4v) is 4.57. The number of carbonyl (C=O) groups excluding carboxylic acids is 2. The maximum absolute atomic E-state index is 13.1. The summed E-state index contributed by atoms with van der Waals surface area (Å²) in [4.78, 5) is 51.2. The second-order valence-corrected chi connectivity index (χ2v) is 8.82. The lowest BCUT2D eigenvalue weighted by Gasteiger charge is -2.08. The zero-order valence-corrected chi connectivity index (χ0v) is 20.2. The minimum absolute atomic E-state index is 0.0255. The largest absolute Gasteiger partial charge is 0.497 e. The monoisotopic (exact) mass is 493 g/mol. The van der Waals surface area contributed by atoms with Gasteiger partial charge >= 0.3 is 11.7 Å². The van der Waals surface area contributed by atoms with Gasteiger partial charge in [0.15, 0.2) is 0 Å². The summed E-state index contributed by atoms with van der Waals surface area (Å²) in [6.45, 7) is 1.96. The first kappa shape index (κ1) is 24.0. The van der Waals surface area contributed by atoms with Crippen LogP contribution in [-0.2, 0) is 17.8 Å². The van der Waals surface area contributed by atoms with Gasteiger partial charge < -0.3 is 14.8 Å². The smallest absolute Gasteiger partial charge is 0.337 e. The molecule has 0 saturated carbocycles. The molecule has 35 heavy (non-hydrogen) atoms. The average molecular weight is 494 g/mol. The Bertz CT molecular complexity index is 1510. The average Bonchev–Trinajstić information content (AvgIpc) is 3.35. The van der Waals surface area contributed by atoms with Gasteiger partial charge in [-0.2, -0.15) is 0 Å². The van der Waals surface area contributed by atoms with E-state index < -0.39 is 17.2 Å². The van der Waals surface area contributed by atoms with Gasteiger partial charge in [0.1, 0.15) is 15.5 Å². The first-order chi connectivity index (χ1) is 16.8. The Balaban J connectivity index is 1.59. The molecule has 2 aromatic heterocycles. The predicted molar refractivity (Wildman–Crippen MR) is 132 cm³/mol. The summed E-state index contributed by atoms with van der Waals surface area (Å²) in [6, 6.07) is 13.8. The fourth-order valence-electron chi connectivity index (χ4n) is 3.57. The maximum Gasteiger partial charge on any atom is 0.337 e. The third-order valence-electron chi connectivity index (χ3n) is 5.55. The van der Waals surface area contributed by atoms with Crippen molar-refractivity contribution in [2.45, 2.75) is 20.0 Å². The Morgan fingerprint density at radius 2 is 1.63 bits per heavy atom. The minimum atomic E-state index is -0.543. The molecular weight excluding hydrogens is 470 g/mol. The molecule has 4 aromatic rings. The number of nitrogens with one attached hydrogen (secondary N) is 1. The first-order valence-electron chi connectivity index (χ1n) is 10.7. The summed E-state index contributed by atoms with van der Waals surface area (Å²) in [6.07, 6.45) is 1.45. The van der Waals surface area contributed by atoms with Gasteiger partial charge in [0.25, 0.3) is 11.5 Å². The van der Waals surface area contributed by atoms with Crippen molar-refractivity contribution in [2.75, 3.05) is 14.2 Å². The van der Waals surface area contributed by atoms with Crippen molar-refractivity contribution >= 4 is 28.0 Å². The van der Waals surface area contributed by atoms with E-state index in [1.54, 1.807) is 50.4 Å². The number of aromatic nitrogens is 2. The van der Waals surface area contributed by atoms with Crippen LogP contribution < -0.4 is 21.3 Å². The summed E-state index contributed by atoms with van der Waals surface area (Å²) >= 11 is 1.09. The number of carbonyl (C=O) groups is 2. The minimum Gasteiger partial charge on any atom is -0.497 e. The standard InChI is InChI=1S/C25H23N3O6S/c1-15-22(30)27(13-17-4-8-18(9-5-17)24(31)34-3)25(32)28-14-20(35-23(15)28)21(29)26-12-16-6-10-19(33-2)11-7-16/h4-11,14H,12-13H2,1-3H3,(H,26,29). The molecule has 2 aromatic carbocycles. The highest BCUT2D eigenvalue weighted by atomic mass is 32.1. The second kappa shape index (κ2) is 9.98. The van der Waals surface area contributed by atoms with Gasteiger partial charge in [-0.25, -0.2) is 9.59 Å². The normalized spacial score (nSPS) is 10.8. The third-order valence-corrected chi connectivity index (χ3v) is 6.75. The predicted octanol–water partition coefficient (Wildman–Crippen LogP) is 2.60. The van der Waals surface area contributed by atoms with Crippen LogP contribution in [0.1, 0.15) is 36.7 Å². The molecule has 0 atom stereocenters. The number of fused-ring (bicyclic) bond motifs is 1. The lowest BCUT2D eigenvalue weighted by molar-refractivity contribution is 0.0600. The summed E-state index contributed by atoms with van der Waals surface area (Å²) in [5.74, 6) is -0.0894. The molecule has 0 aliphatic carbocycles. The molecule has 0 radical (unpaired) electrons. The number of nitrogens with zero attached hydrogens (tertiary/aromatic N) is 2. The Morgan fingerprint density at radius 3 is 2.26 bits per heavy atom. The van der Waals surface area contributed by atoms with E-state index in [1.165, 1.54) is 17.7 Å². The number of esters is 1. The quantitative estimate of drug-likeness (QED) is 0.397. The Kier molecular flexibility index (Phi) is 6.83. The molecular formula is C25H23N3O6S. The molecule has 0 unspecified atom stereocenters. The topological polar surface area (TPSA) is 108 Å². The van der Waals surface area contributed by atoms with Crippen LogP contribution >= 0.6 is 11.3 Å². The highest BCUT2D eigenvalue weighted by Crippen LogP contribution is 2.19. The molecule has 4 rings (SSSR count). The van der Waals surface area contributed by atoms with Crippen LogP contribution in [0.25, 0.3) is 4.83 Å². The van der Waals surface area contributed by atoms with Crippen LogP contribution in [0.2, 0.25) is 0 Å². The Morgan fingerprint density at radius 1 is 0.971 bits per heavy atom. The van der Waals surface area contributed by atoms with E-state index in [-0.39, 0.29) is 12.5 Å². The van der Waals surface area contributed by atoms with E-state index in [9.17, 15) is 19.2 Å². The summed E-state index contributed by atoms with van der Waals surface area (Å²) in [5.41, 5.74) is 1.33. The van der Waals surface area contributed by atoms with Gasteiger partial charge in [-0.3, -0.25) is 18.6 Å². The van der Waals surface area contributed by atoms with E-state index in [0.29, 0.717) is 32.9 Å². The van der Waals surface area contributed by atoms with Crippen molar-refractivity contribution in [1.82, 2.24) is 14.3 Å². The lowest BCUT2D eigenvalue weighted by Crippen LogP contribution is -2.38. The van der Waals surface area contributed by atoms with Crippen LogP contribution in [0.3, 0.4) is 0 Å². The van der Waals surface area contributed by atoms with Gasteiger partial charge in [-0.15, -0.1) is 11.3 Å². The molecule has 1 amide bonds. The number of amides is 1. The third kappa shape index (κ3) is 4.87. The molecule has 0 fully saturated rings. The molecule has 1 N–H and O–H groups in total. The van der Waals surface area contributed by atoms with E-state index in [4.69, 9.17) is 4.74 Å². The van der Waals surface area contributed by atoms with E-state index >= 15 is 0 Å². The van der Waals surface area contributed by atoms with Crippen LogP contribution in [0.4, 0.5) is 0 Å². The van der Waals surface area contributed by atoms with Crippen LogP contribution in [0.15, 0.2) is 64.3 Å². The highest BCUT2D eigenvalue weighted by molar-refractivity contribution is 7.19. The van der Waals surface area contributed by atoms with Gasteiger partial charge in [0, 0.05) is 18.3 Å². The van der Waals surface area contributed by atoms with E-state index in [1.807, 2.05) is 12.1 Å². The van der Waals surface area contributed by atoms with Crippen molar-refractivity contribution in [1.29, 1.82) is 0 Å². The van der Waals surface area contributed by atoms with Gasteiger partial charge in [-0.1, -0.05) is 24.3 Å². The maximum atomic E-state index is 13.1. The van der Waals surface area contributed by atoms with Crippen LogP contribution in [0, 0.1) is 6.92 Å². The highest BCUT2D eigenvalue weighted by Gasteiger charge is 2.18.